The van der Waals surface area contributed by atoms with Crippen LogP contribution in [0.15, 0.2) is 53.8 Å². The second-order valence-electron chi connectivity index (χ2n) is 5.12. The fourth-order valence-electron chi connectivity index (χ4n) is 2.27. The van der Waals surface area contributed by atoms with Crippen LogP contribution in [-0.2, 0) is 0 Å². The van der Waals surface area contributed by atoms with Gasteiger partial charge < -0.3 is 9.84 Å². The number of methoxy groups -OCH3 is 1. The van der Waals surface area contributed by atoms with Crippen molar-refractivity contribution in [3.05, 3.63) is 64.8 Å². The van der Waals surface area contributed by atoms with Gasteiger partial charge in [0.1, 0.15) is 11.3 Å². The molecule has 0 aliphatic rings. The maximum Gasteiger partial charge on any atom is 0.271 e. The molecule has 6 nitrogen and oxygen atoms in total. The fourth-order valence-corrected chi connectivity index (χ4v) is 2.54. The van der Waals surface area contributed by atoms with Crippen molar-refractivity contribution in [3.63, 3.8) is 0 Å². The number of phenols is 1. The van der Waals surface area contributed by atoms with Gasteiger partial charge in [0.15, 0.2) is 5.75 Å². The zero-order chi connectivity index (χ0) is 17.8. The van der Waals surface area contributed by atoms with Gasteiger partial charge in [0, 0.05) is 22.7 Å². The number of aromatic hydroxyl groups is 1. The van der Waals surface area contributed by atoms with E-state index < -0.39 is 0 Å². The Balaban J connectivity index is 1.79. The summed E-state index contributed by atoms with van der Waals surface area (Å²) in [5.74, 6) is 0.217. The minimum atomic E-state index is -0.386. The first-order valence-corrected chi connectivity index (χ1v) is 7.71. The number of hydrazone groups is 1. The van der Waals surface area contributed by atoms with E-state index >= 15 is 0 Å². The van der Waals surface area contributed by atoms with E-state index in [1.165, 1.54) is 6.21 Å². The number of carbonyl (C=O) groups excluding carboxylic acids is 1. The molecule has 0 atom stereocenters. The van der Waals surface area contributed by atoms with Crippen LogP contribution < -0.4 is 10.2 Å². The SMILES string of the molecule is COc1ccc(C(=O)N/N=C\c2cc(Cl)c3cccnc3c2O)cc1. The lowest BCUT2D eigenvalue weighted by atomic mass is 10.1. The second-order valence-corrected chi connectivity index (χ2v) is 5.53. The van der Waals surface area contributed by atoms with Gasteiger partial charge in [-0.2, -0.15) is 5.10 Å². The molecule has 0 unspecified atom stereocenters. The molecule has 0 radical (unpaired) electrons. The number of fused-ring (bicyclic) bond motifs is 1. The molecule has 0 saturated carbocycles. The highest BCUT2D eigenvalue weighted by atomic mass is 35.5. The predicted molar refractivity (Wildman–Crippen MR) is 96.5 cm³/mol. The van der Waals surface area contributed by atoms with E-state index in [2.05, 4.69) is 15.5 Å². The van der Waals surface area contributed by atoms with Gasteiger partial charge in [-0.15, -0.1) is 0 Å². The van der Waals surface area contributed by atoms with E-state index in [0.29, 0.717) is 32.8 Å². The summed E-state index contributed by atoms with van der Waals surface area (Å²) in [6.45, 7) is 0. The van der Waals surface area contributed by atoms with Crippen LogP contribution >= 0.6 is 11.6 Å². The van der Waals surface area contributed by atoms with Crippen LogP contribution in [-0.4, -0.2) is 29.3 Å². The van der Waals surface area contributed by atoms with Crippen molar-refractivity contribution in [2.45, 2.75) is 0 Å². The molecule has 25 heavy (non-hydrogen) atoms. The minimum Gasteiger partial charge on any atom is -0.505 e. The lowest BCUT2D eigenvalue weighted by Gasteiger charge is -2.06. The Morgan fingerprint density at radius 2 is 2.08 bits per heavy atom. The van der Waals surface area contributed by atoms with E-state index in [1.807, 2.05) is 0 Å². The van der Waals surface area contributed by atoms with Crippen LogP contribution in [0.3, 0.4) is 0 Å². The van der Waals surface area contributed by atoms with Crippen LogP contribution in [0.2, 0.25) is 5.02 Å². The molecule has 1 heterocycles. The molecule has 3 aromatic rings. The monoisotopic (exact) mass is 355 g/mol. The molecule has 1 aromatic heterocycles. The van der Waals surface area contributed by atoms with Crippen molar-refractivity contribution in [1.29, 1.82) is 0 Å². The van der Waals surface area contributed by atoms with Gasteiger partial charge in [-0.25, -0.2) is 5.43 Å². The van der Waals surface area contributed by atoms with Crippen LogP contribution in [0.25, 0.3) is 10.9 Å². The summed E-state index contributed by atoms with van der Waals surface area (Å²) in [5.41, 5.74) is 3.55. The van der Waals surface area contributed by atoms with Crippen molar-refractivity contribution in [3.8, 4) is 11.5 Å². The average Bonchev–Trinajstić information content (AvgIpc) is 2.65. The number of rotatable bonds is 4. The van der Waals surface area contributed by atoms with E-state index in [0.717, 1.165) is 0 Å². The fraction of sp³-hybridized carbons (Fsp3) is 0.0556. The molecule has 0 fully saturated rings. The summed E-state index contributed by atoms with van der Waals surface area (Å²) in [5, 5.41) is 15.2. The number of pyridine rings is 1. The Labute approximate surface area is 148 Å². The minimum absolute atomic E-state index is 0.0533. The molecule has 0 spiro atoms. The van der Waals surface area contributed by atoms with Gasteiger partial charge >= 0.3 is 0 Å². The van der Waals surface area contributed by atoms with E-state index in [4.69, 9.17) is 16.3 Å². The number of hydrogen-bond donors (Lipinski definition) is 2. The molecule has 0 aliphatic heterocycles. The van der Waals surface area contributed by atoms with Gasteiger partial charge in [-0.1, -0.05) is 11.6 Å². The molecular formula is C18H14ClN3O3. The Morgan fingerprint density at radius 3 is 2.80 bits per heavy atom. The highest BCUT2D eigenvalue weighted by molar-refractivity contribution is 6.36. The third kappa shape index (κ3) is 3.54. The standard InChI is InChI=1S/C18H14ClN3O3/c1-25-13-6-4-11(5-7-13)18(24)22-21-10-12-9-15(19)14-3-2-8-20-16(14)17(12)23/h2-10,23H,1H3,(H,22,24)/b21-10-. The van der Waals surface area contributed by atoms with Crippen molar-refractivity contribution >= 4 is 34.6 Å². The van der Waals surface area contributed by atoms with Gasteiger partial charge in [0.05, 0.1) is 18.3 Å². The number of carbonyl (C=O) groups is 1. The molecule has 1 amide bonds. The van der Waals surface area contributed by atoms with E-state index in [9.17, 15) is 9.90 Å². The first kappa shape index (κ1) is 16.7. The van der Waals surface area contributed by atoms with Crippen molar-refractivity contribution in [2.75, 3.05) is 7.11 Å². The quantitative estimate of drug-likeness (QED) is 0.555. The van der Waals surface area contributed by atoms with Gasteiger partial charge in [0.2, 0.25) is 0 Å². The lowest BCUT2D eigenvalue weighted by molar-refractivity contribution is 0.0955. The number of nitrogens with one attached hydrogen (secondary N) is 1. The van der Waals surface area contributed by atoms with Gasteiger partial charge in [-0.3, -0.25) is 9.78 Å². The predicted octanol–water partition coefficient (Wildman–Crippen LogP) is 3.37. The van der Waals surface area contributed by atoms with Crippen LogP contribution in [0.1, 0.15) is 15.9 Å². The normalized spacial score (nSPS) is 11.0. The first-order valence-electron chi connectivity index (χ1n) is 7.34. The number of halogens is 1. The van der Waals surface area contributed by atoms with Crippen molar-refractivity contribution in [2.24, 2.45) is 5.10 Å². The van der Waals surface area contributed by atoms with E-state index in [1.54, 1.807) is 55.8 Å². The summed E-state index contributed by atoms with van der Waals surface area (Å²) < 4.78 is 5.04. The molecule has 0 aliphatic carbocycles. The maximum absolute atomic E-state index is 12.0. The average molecular weight is 356 g/mol. The largest absolute Gasteiger partial charge is 0.505 e. The zero-order valence-electron chi connectivity index (χ0n) is 13.2. The smallest absolute Gasteiger partial charge is 0.271 e. The molecule has 3 rings (SSSR count). The highest BCUT2D eigenvalue weighted by Crippen LogP contribution is 2.31. The Hall–Kier alpha value is -3.12. The summed E-state index contributed by atoms with van der Waals surface area (Å²) in [6, 6.07) is 11.7. The number of aromatic nitrogens is 1. The van der Waals surface area contributed by atoms with Gasteiger partial charge in [-0.05, 0) is 42.5 Å². The van der Waals surface area contributed by atoms with Crippen LogP contribution in [0, 0.1) is 0 Å². The van der Waals surface area contributed by atoms with Crippen molar-refractivity contribution < 1.29 is 14.6 Å². The van der Waals surface area contributed by atoms with Crippen LogP contribution in [0.5, 0.6) is 11.5 Å². The molecule has 2 aromatic carbocycles. The Bertz CT molecular complexity index is 956. The van der Waals surface area contributed by atoms with Crippen molar-refractivity contribution in [1.82, 2.24) is 10.4 Å². The highest BCUT2D eigenvalue weighted by Gasteiger charge is 2.10. The van der Waals surface area contributed by atoms with E-state index in [-0.39, 0.29) is 11.7 Å². The topological polar surface area (TPSA) is 83.8 Å². The number of nitrogens with zero attached hydrogens (tertiary/aromatic N) is 2. The molecular weight excluding hydrogens is 342 g/mol. The molecule has 2 N–H and O–H groups in total. The molecule has 0 bridgehead atoms. The third-order valence-electron chi connectivity index (χ3n) is 3.57. The Kier molecular flexibility index (Phi) is 4.81. The number of hydrogen-bond acceptors (Lipinski definition) is 5. The Morgan fingerprint density at radius 1 is 1.32 bits per heavy atom. The zero-order valence-corrected chi connectivity index (χ0v) is 14.0. The van der Waals surface area contributed by atoms with Crippen LogP contribution in [0.4, 0.5) is 0 Å². The maximum atomic E-state index is 12.0. The summed E-state index contributed by atoms with van der Waals surface area (Å²) in [4.78, 5) is 16.1. The summed E-state index contributed by atoms with van der Waals surface area (Å²) >= 11 is 6.19. The molecule has 7 heteroatoms. The summed E-state index contributed by atoms with van der Waals surface area (Å²) in [6.07, 6.45) is 2.88. The number of amides is 1. The molecule has 126 valence electrons. The number of ether oxygens (including phenoxy) is 1. The summed E-state index contributed by atoms with van der Waals surface area (Å²) in [7, 11) is 1.55. The molecule has 0 saturated heterocycles. The number of phenolic OH excluding ortho intramolecular Hbond substituents is 1. The first-order chi connectivity index (χ1) is 12.1. The van der Waals surface area contributed by atoms with Gasteiger partial charge in [0.25, 0.3) is 5.91 Å². The second kappa shape index (κ2) is 7.19. The third-order valence-corrected chi connectivity index (χ3v) is 3.88. The number of benzene rings is 2. The lowest BCUT2D eigenvalue weighted by Crippen LogP contribution is -2.17.